The van der Waals surface area contributed by atoms with Crippen molar-refractivity contribution in [1.29, 1.82) is 0 Å². The highest BCUT2D eigenvalue weighted by Gasteiger charge is 2.23. The zero-order valence-electron chi connectivity index (χ0n) is 19.8. The summed E-state index contributed by atoms with van der Waals surface area (Å²) in [5.74, 6) is -0.116. The SMILES string of the molecule is Cc1c(Cl)cccc1-n1nc(C)c2c(C)cc(=O)n(CC(=O)c3c(C)n(C)c4ccccc34)c21. The van der Waals surface area contributed by atoms with E-state index in [0.717, 1.165) is 44.5 Å². The monoisotopic (exact) mass is 472 g/mol. The summed E-state index contributed by atoms with van der Waals surface area (Å²) in [6, 6.07) is 15.0. The third-order valence-corrected chi connectivity index (χ3v) is 7.15. The minimum absolute atomic E-state index is 0.0881. The van der Waals surface area contributed by atoms with Gasteiger partial charge in [-0.3, -0.25) is 14.2 Å². The lowest BCUT2D eigenvalue weighted by atomic mass is 10.1. The Kier molecular flexibility index (Phi) is 5.21. The van der Waals surface area contributed by atoms with E-state index in [1.165, 1.54) is 4.57 Å². The molecule has 172 valence electrons. The second kappa shape index (κ2) is 7.99. The van der Waals surface area contributed by atoms with Crippen LogP contribution in [0.1, 0.15) is 32.9 Å². The number of fused-ring (bicyclic) bond motifs is 2. The van der Waals surface area contributed by atoms with Crippen LogP contribution in [0.5, 0.6) is 0 Å². The second-order valence-corrected chi connectivity index (χ2v) is 9.20. The van der Waals surface area contributed by atoms with E-state index in [0.29, 0.717) is 16.2 Å². The number of hydrogen-bond donors (Lipinski definition) is 0. The molecule has 0 aliphatic rings. The Bertz CT molecular complexity index is 1690. The summed E-state index contributed by atoms with van der Waals surface area (Å²) in [4.78, 5) is 27.0. The highest BCUT2D eigenvalue weighted by atomic mass is 35.5. The number of para-hydroxylation sites is 1. The molecule has 0 amide bonds. The molecule has 2 aromatic carbocycles. The van der Waals surface area contributed by atoms with Crippen molar-refractivity contribution >= 4 is 39.3 Å². The molecule has 6 nitrogen and oxygen atoms in total. The van der Waals surface area contributed by atoms with Gasteiger partial charge in [0.25, 0.3) is 5.56 Å². The molecule has 0 aliphatic carbocycles. The Morgan fingerprint density at radius 3 is 2.53 bits per heavy atom. The third-order valence-electron chi connectivity index (χ3n) is 6.74. The van der Waals surface area contributed by atoms with Gasteiger partial charge in [0.2, 0.25) is 0 Å². The van der Waals surface area contributed by atoms with E-state index in [2.05, 4.69) is 0 Å². The number of ketones is 1. The third kappa shape index (κ3) is 3.21. The number of pyridine rings is 1. The lowest BCUT2D eigenvalue weighted by Gasteiger charge is -2.14. The molecule has 0 N–H and O–H groups in total. The Morgan fingerprint density at radius 1 is 1.03 bits per heavy atom. The van der Waals surface area contributed by atoms with Crippen molar-refractivity contribution in [3.05, 3.63) is 92.0 Å². The smallest absolute Gasteiger partial charge is 0.252 e. The first-order chi connectivity index (χ1) is 16.2. The van der Waals surface area contributed by atoms with Crippen LogP contribution in [0, 0.1) is 27.7 Å². The first kappa shape index (κ1) is 22.2. The normalized spacial score (nSPS) is 11.6. The number of aryl methyl sites for hydroxylation is 3. The molecule has 0 bridgehead atoms. The Balaban J connectivity index is 1.76. The Labute approximate surface area is 202 Å². The van der Waals surface area contributed by atoms with Gasteiger partial charge in [-0.2, -0.15) is 5.10 Å². The van der Waals surface area contributed by atoms with Gasteiger partial charge in [0.05, 0.1) is 17.9 Å². The van der Waals surface area contributed by atoms with Crippen LogP contribution in [0.4, 0.5) is 0 Å². The van der Waals surface area contributed by atoms with E-state index in [1.54, 1.807) is 10.7 Å². The molecular weight excluding hydrogens is 448 g/mol. The molecule has 0 fully saturated rings. The summed E-state index contributed by atoms with van der Waals surface area (Å²) in [5.41, 5.74) is 6.10. The fourth-order valence-corrected chi connectivity index (χ4v) is 5.08. The lowest BCUT2D eigenvalue weighted by Crippen LogP contribution is -2.26. The zero-order valence-corrected chi connectivity index (χ0v) is 20.6. The standard InChI is InChI=1S/C27H25ClN4O2/c1-15-13-24(34)31(14-23(33)26-18(4)30(5)22-11-7-6-9-19(22)26)27-25(15)17(3)29-32(27)21-12-8-10-20(28)16(21)2/h6-13H,14H2,1-5H3. The fourth-order valence-electron chi connectivity index (χ4n) is 4.91. The molecule has 0 unspecified atom stereocenters. The van der Waals surface area contributed by atoms with Gasteiger partial charge >= 0.3 is 0 Å². The number of Topliss-reactive ketones (excluding diaryl/α,β-unsaturated/α-hetero) is 1. The van der Waals surface area contributed by atoms with Gasteiger partial charge in [-0.1, -0.05) is 35.9 Å². The number of hydrogen-bond acceptors (Lipinski definition) is 3. The van der Waals surface area contributed by atoms with Gasteiger partial charge < -0.3 is 4.57 Å². The summed E-state index contributed by atoms with van der Waals surface area (Å²) >= 11 is 6.40. The molecule has 3 heterocycles. The number of aromatic nitrogens is 4. The van der Waals surface area contributed by atoms with Crippen LogP contribution in [0.2, 0.25) is 5.02 Å². The summed E-state index contributed by atoms with van der Waals surface area (Å²) in [6.45, 7) is 7.58. The molecule has 0 saturated carbocycles. The zero-order chi connectivity index (χ0) is 24.3. The molecule has 0 atom stereocenters. The van der Waals surface area contributed by atoms with Crippen molar-refractivity contribution in [1.82, 2.24) is 18.9 Å². The molecule has 3 aromatic heterocycles. The molecule has 0 spiro atoms. The molecule has 5 rings (SSSR count). The maximum absolute atomic E-state index is 13.7. The van der Waals surface area contributed by atoms with Crippen LogP contribution in [-0.2, 0) is 13.6 Å². The highest BCUT2D eigenvalue weighted by molar-refractivity contribution is 6.31. The van der Waals surface area contributed by atoms with Crippen molar-refractivity contribution in [3.63, 3.8) is 0 Å². The summed E-state index contributed by atoms with van der Waals surface area (Å²) in [5, 5.41) is 7.12. The summed E-state index contributed by atoms with van der Waals surface area (Å²) in [7, 11) is 1.95. The van der Waals surface area contributed by atoms with E-state index in [1.807, 2.05) is 81.8 Å². The minimum atomic E-state index is -0.239. The topological polar surface area (TPSA) is 61.8 Å². The van der Waals surface area contributed by atoms with Crippen molar-refractivity contribution in [3.8, 4) is 5.69 Å². The van der Waals surface area contributed by atoms with Crippen LogP contribution >= 0.6 is 11.6 Å². The van der Waals surface area contributed by atoms with Gasteiger partial charge in [0.15, 0.2) is 5.78 Å². The van der Waals surface area contributed by atoms with E-state index >= 15 is 0 Å². The number of carbonyl (C=O) groups is 1. The van der Waals surface area contributed by atoms with E-state index in [-0.39, 0.29) is 17.9 Å². The Hall–Kier alpha value is -3.64. The number of halogens is 1. The maximum atomic E-state index is 13.7. The van der Waals surface area contributed by atoms with Gasteiger partial charge in [0, 0.05) is 45.7 Å². The van der Waals surface area contributed by atoms with Crippen LogP contribution in [0.15, 0.2) is 53.3 Å². The first-order valence-electron chi connectivity index (χ1n) is 11.1. The van der Waals surface area contributed by atoms with Gasteiger partial charge in [-0.15, -0.1) is 0 Å². The second-order valence-electron chi connectivity index (χ2n) is 8.79. The maximum Gasteiger partial charge on any atom is 0.252 e. The quantitative estimate of drug-likeness (QED) is 0.327. The van der Waals surface area contributed by atoms with Crippen molar-refractivity contribution in [2.75, 3.05) is 0 Å². The molecule has 34 heavy (non-hydrogen) atoms. The number of rotatable bonds is 4. The van der Waals surface area contributed by atoms with Gasteiger partial charge in [-0.05, 0) is 57.0 Å². The van der Waals surface area contributed by atoms with E-state index < -0.39 is 0 Å². The fraction of sp³-hybridized carbons (Fsp3) is 0.222. The van der Waals surface area contributed by atoms with Crippen molar-refractivity contribution in [2.45, 2.75) is 34.2 Å². The largest absolute Gasteiger partial charge is 0.347 e. The predicted molar refractivity (Wildman–Crippen MR) is 137 cm³/mol. The summed E-state index contributed by atoms with van der Waals surface area (Å²) < 4.78 is 5.29. The average Bonchev–Trinajstić information content (AvgIpc) is 3.27. The molecule has 0 radical (unpaired) electrons. The average molecular weight is 473 g/mol. The molecule has 0 aliphatic heterocycles. The highest BCUT2D eigenvalue weighted by Crippen LogP contribution is 2.29. The van der Waals surface area contributed by atoms with Crippen LogP contribution in [-0.4, -0.2) is 24.7 Å². The van der Waals surface area contributed by atoms with Crippen molar-refractivity contribution in [2.24, 2.45) is 7.05 Å². The van der Waals surface area contributed by atoms with Gasteiger partial charge in [-0.25, -0.2) is 4.68 Å². The molecule has 5 aromatic rings. The van der Waals surface area contributed by atoms with Crippen LogP contribution < -0.4 is 5.56 Å². The molecule has 0 saturated heterocycles. The number of nitrogens with zero attached hydrogens (tertiary/aromatic N) is 4. The number of benzene rings is 2. The molecular formula is C27H25ClN4O2. The molecule has 7 heteroatoms. The first-order valence-corrected chi connectivity index (χ1v) is 11.5. The number of carbonyl (C=O) groups excluding carboxylic acids is 1. The van der Waals surface area contributed by atoms with E-state index in [4.69, 9.17) is 16.7 Å². The minimum Gasteiger partial charge on any atom is -0.347 e. The van der Waals surface area contributed by atoms with Gasteiger partial charge in [0.1, 0.15) is 5.65 Å². The Morgan fingerprint density at radius 2 is 1.76 bits per heavy atom. The lowest BCUT2D eigenvalue weighted by molar-refractivity contribution is 0.0973. The predicted octanol–water partition coefficient (Wildman–Crippen LogP) is 5.45. The van der Waals surface area contributed by atoms with Crippen molar-refractivity contribution < 1.29 is 4.79 Å². The van der Waals surface area contributed by atoms with Crippen LogP contribution in [0.25, 0.3) is 27.6 Å². The summed E-state index contributed by atoms with van der Waals surface area (Å²) in [6.07, 6.45) is 0. The van der Waals surface area contributed by atoms with Crippen LogP contribution in [0.3, 0.4) is 0 Å². The van der Waals surface area contributed by atoms with E-state index in [9.17, 15) is 9.59 Å².